The molecule has 1 aromatic carbocycles. The average Bonchev–Trinajstić information content (AvgIpc) is 3.27. The largest absolute Gasteiger partial charge is 0.302 e. The molecule has 1 saturated heterocycles. The molecule has 1 aliphatic heterocycles. The van der Waals surface area contributed by atoms with Gasteiger partial charge in [0.25, 0.3) is 5.56 Å². The number of nitrogens with zero attached hydrogens (tertiary/aromatic N) is 3. The molecule has 0 bridgehead atoms. The SMILES string of the molecule is Cc1nc2cc(C3CCN(CC(C)c4ccccc4)C3)[nH]n2c(=O)c1C. The highest BCUT2D eigenvalue weighted by molar-refractivity contribution is 5.42. The molecule has 0 radical (unpaired) electrons. The van der Waals surface area contributed by atoms with Crippen molar-refractivity contribution < 1.29 is 0 Å². The monoisotopic (exact) mass is 350 g/mol. The molecule has 0 aliphatic carbocycles. The second-order valence-electron chi connectivity index (χ2n) is 7.59. The first-order valence-corrected chi connectivity index (χ1v) is 9.39. The first-order chi connectivity index (χ1) is 12.5. The van der Waals surface area contributed by atoms with Crippen LogP contribution in [0.3, 0.4) is 0 Å². The Labute approximate surface area is 153 Å². The minimum atomic E-state index is 0.00584. The number of fused-ring (bicyclic) bond motifs is 1. The van der Waals surface area contributed by atoms with Crippen LogP contribution in [0.5, 0.6) is 0 Å². The van der Waals surface area contributed by atoms with E-state index in [4.69, 9.17) is 0 Å². The number of aromatic amines is 1. The lowest BCUT2D eigenvalue weighted by Gasteiger charge is -2.21. The number of rotatable bonds is 4. The maximum absolute atomic E-state index is 12.4. The Morgan fingerprint density at radius 2 is 2.04 bits per heavy atom. The Balaban J connectivity index is 1.49. The standard InChI is InChI=1S/C21H26N4O/c1-14(17-7-5-4-6-8-17)12-24-10-9-18(13-24)19-11-20-22-16(3)15(2)21(26)25(20)23-19/h4-8,11,14,18,23H,9-10,12-13H2,1-3H3. The van der Waals surface area contributed by atoms with Gasteiger partial charge in [-0.3, -0.25) is 9.89 Å². The minimum absolute atomic E-state index is 0.00584. The van der Waals surface area contributed by atoms with E-state index in [1.807, 2.05) is 19.9 Å². The van der Waals surface area contributed by atoms with E-state index in [1.165, 1.54) is 5.56 Å². The van der Waals surface area contributed by atoms with Crippen molar-refractivity contribution in [3.05, 3.63) is 69.3 Å². The van der Waals surface area contributed by atoms with E-state index in [1.54, 1.807) is 4.52 Å². The zero-order valence-corrected chi connectivity index (χ0v) is 15.7. The summed E-state index contributed by atoms with van der Waals surface area (Å²) in [7, 11) is 0. The molecule has 2 atom stereocenters. The molecule has 4 rings (SSSR count). The maximum atomic E-state index is 12.4. The molecule has 1 aliphatic rings. The summed E-state index contributed by atoms with van der Waals surface area (Å²) < 4.78 is 1.59. The lowest BCUT2D eigenvalue weighted by atomic mass is 10.0. The van der Waals surface area contributed by atoms with Gasteiger partial charge >= 0.3 is 0 Å². The number of benzene rings is 1. The summed E-state index contributed by atoms with van der Waals surface area (Å²) in [4.78, 5) is 19.5. The van der Waals surface area contributed by atoms with Gasteiger partial charge in [0, 0.05) is 42.0 Å². The van der Waals surface area contributed by atoms with Gasteiger partial charge < -0.3 is 4.90 Å². The molecule has 1 fully saturated rings. The Hall–Kier alpha value is -2.40. The number of H-pyrrole nitrogens is 1. The molecule has 2 unspecified atom stereocenters. The summed E-state index contributed by atoms with van der Waals surface area (Å²) in [5.74, 6) is 0.951. The molecule has 136 valence electrons. The zero-order chi connectivity index (χ0) is 18.3. The summed E-state index contributed by atoms with van der Waals surface area (Å²) in [5, 5.41) is 3.29. The fraction of sp³-hybridized carbons (Fsp3) is 0.429. The molecule has 0 saturated carbocycles. The Bertz CT molecular complexity index is 973. The van der Waals surface area contributed by atoms with Crippen LogP contribution in [-0.2, 0) is 0 Å². The van der Waals surface area contributed by atoms with E-state index in [9.17, 15) is 4.79 Å². The molecule has 0 spiro atoms. The number of aryl methyl sites for hydroxylation is 1. The van der Waals surface area contributed by atoms with Gasteiger partial charge in [0.05, 0.1) is 0 Å². The summed E-state index contributed by atoms with van der Waals surface area (Å²) in [6.07, 6.45) is 1.11. The number of hydrogen-bond donors (Lipinski definition) is 1. The third kappa shape index (κ3) is 3.07. The normalized spacial score (nSPS) is 19.3. The van der Waals surface area contributed by atoms with Crippen molar-refractivity contribution in [3.63, 3.8) is 0 Å². The van der Waals surface area contributed by atoms with Crippen molar-refractivity contribution in [3.8, 4) is 0 Å². The van der Waals surface area contributed by atoms with Crippen LogP contribution in [0.4, 0.5) is 0 Å². The van der Waals surface area contributed by atoms with Crippen LogP contribution in [0.2, 0.25) is 0 Å². The number of hydrogen-bond acceptors (Lipinski definition) is 3. The second kappa shape index (κ2) is 6.72. The summed E-state index contributed by atoms with van der Waals surface area (Å²) in [6, 6.07) is 12.7. The van der Waals surface area contributed by atoms with Crippen LogP contribution >= 0.6 is 0 Å². The molecular formula is C21H26N4O. The fourth-order valence-corrected chi connectivity index (χ4v) is 3.97. The van der Waals surface area contributed by atoms with Crippen molar-refractivity contribution >= 4 is 5.65 Å². The molecule has 3 heterocycles. The van der Waals surface area contributed by atoms with E-state index in [0.29, 0.717) is 17.4 Å². The Kier molecular flexibility index (Phi) is 4.41. The topological polar surface area (TPSA) is 53.4 Å². The first-order valence-electron chi connectivity index (χ1n) is 9.39. The number of likely N-dealkylation sites (tertiary alicyclic amines) is 1. The van der Waals surface area contributed by atoms with E-state index >= 15 is 0 Å². The highest BCUT2D eigenvalue weighted by atomic mass is 16.1. The number of aromatic nitrogens is 3. The molecule has 0 amide bonds. The van der Waals surface area contributed by atoms with Crippen LogP contribution in [0.15, 0.2) is 41.2 Å². The Morgan fingerprint density at radius 3 is 2.81 bits per heavy atom. The molecule has 2 aromatic heterocycles. The predicted octanol–water partition coefficient (Wildman–Crippen LogP) is 3.23. The highest BCUT2D eigenvalue weighted by Gasteiger charge is 2.27. The van der Waals surface area contributed by atoms with E-state index in [2.05, 4.69) is 52.2 Å². The van der Waals surface area contributed by atoms with Crippen LogP contribution in [-0.4, -0.2) is 39.1 Å². The van der Waals surface area contributed by atoms with E-state index < -0.39 is 0 Å². The smallest absolute Gasteiger partial charge is 0.275 e. The lowest BCUT2D eigenvalue weighted by molar-refractivity contribution is 0.316. The van der Waals surface area contributed by atoms with Gasteiger partial charge in [-0.05, 0) is 38.3 Å². The van der Waals surface area contributed by atoms with Gasteiger partial charge in [-0.15, -0.1) is 0 Å². The number of nitrogens with one attached hydrogen (secondary N) is 1. The minimum Gasteiger partial charge on any atom is -0.302 e. The lowest BCUT2D eigenvalue weighted by Crippen LogP contribution is -2.25. The first kappa shape index (κ1) is 17.0. The van der Waals surface area contributed by atoms with Crippen LogP contribution in [0.25, 0.3) is 5.65 Å². The maximum Gasteiger partial charge on any atom is 0.275 e. The molecule has 1 N–H and O–H groups in total. The van der Waals surface area contributed by atoms with Gasteiger partial charge in [-0.25, -0.2) is 9.50 Å². The van der Waals surface area contributed by atoms with E-state index in [0.717, 1.165) is 43.1 Å². The third-order valence-corrected chi connectivity index (χ3v) is 5.72. The zero-order valence-electron chi connectivity index (χ0n) is 15.7. The van der Waals surface area contributed by atoms with Crippen molar-refractivity contribution in [2.24, 2.45) is 0 Å². The van der Waals surface area contributed by atoms with Crippen LogP contribution in [0, 0.1) is 13.8 Å². The fourth-order valence-electron chi connectivity index (χ4n) is 3.97. The highest BCUT2D eigenvalue weighted by Crippen LogP contribution is 2.28. The van der Waals surface area contributed by atoms with Crippen LogP contribution < -0.4 is 5.56 Å². The average molecular weight is 350 g/mol. The van der Waals surface area contributed by atoms with Crippen molar-refractivity contribution in [1.29, 1.82) is 0 Å². The van der Waals surface area contributed by atoms with Crippen molar-refractivity contribution in [2.75, 3.05) is 19.6 Å². The van der Waals surface area contributed by atoms with Crippen molar-refractivity contribution in [2.45, 2.75) is 39.0 Å². The third-order valence-electron chi connectivity index (χ3n) is 5.72. The van der Waals surface area contributed by atoms with Crippen LogP contribution in [0.1, 0.15) is 47.7 Å². The van der Waals surface area contributed by atoms with Gasteiger partial charge in [-0.1, -0.05) is 37.3 Å². The van der Waals surface area contributed by atoms with E-state index in [-0.39, 0.29) is 5.56 Å². The molecule has 26 heavy (non-hydrogen) atoms. The molecule has 3 aromatic rings. The van der Waals surface area contributed by atoms with Gasteiger partial charge in [-0.2, -0.15) is 0 Å². The quantitative estimate of drug-likeness (QED) is 0.786. The summed E-state index contributed by atoms with van der Waals surface area (Å²) in [5.41, 5.74) is 4.76. The van der Waals surface area contributed by atoms with Gasteiger partial charge in [0.2, 0.25) is 0 Å². The van der Waals surface area contributed by atoms with Gasteiger partial charge in [0.15, 0.2) is 5.65 Å². The molecular weight excluding hydrogens is 324 g/mol. The summed E-state index contributed by atoms with van der Waals surface area (Å²) >= 11 is 0. The molecule has 5 nitrogen and oxygen atoms in total. The Morgan fingerprint density at radius 1 is 1.27 bits per heavy atom. The summed E-state index contributed by atoms with van der Waals surface area (Å²) in [6.45, 7) is 9.21. The second-order valence-corrected chi connectivity index (χ2v) is 7.59. The molecule has 5 heteroatoms. The van der Waals surface area contributed by atoms with Gasteiger partial charge in [0.1, 0.15) is 0 Å². The predicted molar refractivity (Wildman–Crippen MR) is 104 cm³/mol. The van der Waals surface area contributed by atoms with Crippen molar-refractivity contribution in [1.82, 2.24) is 19.5 Å².